The average Bonchev–Trinajstić information content (AvgIpc) is 2.53. The monoisotopic (exact) mass is 214 g/mol. The Kier molecular flexibility index (Phi) is 1.80. The zero-order valence-electron chi connectivity index (χ0n) is 8.25. The SMILES string of the molecule is Bc1ccc2c(c1)oc1cc(Cl)ccc12. The van der Waals surface area contributed by atoms with E-state index < -0.39 is 0 Å². The Balaban J connectivity index is 2.51. The fourth-order valence-corrected chi connectivity index (χ4v) is 2.02. The third-order valence-corrected chi connectivity index (χ3v) is 2.83. The van der Waals surface area contributed by atoms with Crippen LogP contribution in [0.5, 0.6) is 0 Å². The number of rotatable bonds is 0. The number of hydrogen-bond donors (Lipinski definition) is 0. The second kappa shape index (κ2) is 3.04. The molecule has 3 rings (SSSR count). The van der Waals surface area contributed by atoms with Gasteiger partial charge in [0.1, 0.15) is 19.0 Å². The third kappa shape index (κ3) is 1.33. The van der Waals surface area contributed by atoms with E-state index in [1.165, 1.54) is 5.46 Å². The lowest BCUT2D eigenvalue weighted by atomic mass is 9.95. The second-order valence-electron chi connectivity index (χ2n) is 3.74. The zero-order valence-corrected chi connectivity index (χ0v) is 9.01. The summed E-state index contributed by atoms with van der Waals surface area (Å²) in [5.74, 6) is 0. The first kappa shape index (κ1) is 8.87. The largest absolute Gasteiger partial charge is 0.456 e. The smallest absolute Gasteiger partial charge is 0.139 e. The van der Waals surface area contributed by atoms with Gasteiger partial charge in [-0.2, -0.15) is 0 Å². The molecule has 0 aliphatic carbocycles. The van der Waals surface area contributed by atoms with Gasteiger partial charge in [-0.05, 0) is 18.2 Å². The highest BCUT2D eigenvalue weighted by atomic mass is 35.5. The topological polar surface area (TPSA) is 13.1 Å². The van der Waals surface area contributed by atoms with Crippen LogP contribution in [0.25, 0.3) is 21.9 Å². The zero-order chi connectivity index (χ0) is 10.4. The Hall–Kier alpha value is -1.41. The normalized spacial score (nSPS) is 11.3. The summed E-state index contributed by atoms with van der Waals surface area (Å²) in [4.78, 5) is 0. The molecule has 1 aromatic heterocycles. The van der Waals surface area contributed by atoms with Crippen LogP contribution in [0.2, 0.25) is 5.02 Å². The van der Waals surface area contributed by atoms with Crippen molar-refractivity contribution in [1.82, 2.24) is 0 Å². The number of benzene rings is 2. The van der Waals surface area contributed by atoms with Crippen LogP contribution in [0, 0.1) is 0 Å². The van der Waals surface area contributed by atoms with E-state index in [0.717, 1.165) is 21.9 Å². The molecule has 0 fully saturated rings. The molecule has 0 bridgehead atoms. The maximum absolute atomic E-state index is 5.92. The minimum atomic E-state index is 0.707. The highest BCUT2D eigenvalue weighted by Gasteiger charge is 2.06. The van der Waals surface area contributed by atoms with Crippen molar-refractivity contribution in [2.75, 3.05) is 0 Å². The van der Waals surface area contributed by atoms with Crippen LogP contribution in [-0.4, -0.2) is 7.85 Å². The molecule has 1 heterocycles. The summed E-state index contributed by atoms with van der Waals surface area (Å²) in [5, 5.41) is 2.97. The molecular weight excluding hydrogens is 206 g/mol. The standard InChI is InChI=1S/C12H8BClO/c13-7-1-3-9-10-4-2-8(14)6-12(10)15-11(9)5-7/h1-6H,13H2. The lowest BCUT2D eigenvalue weighted by molar-refractivity contribution is 0.669. The quantitative estimate of drug-likeness (QED) is 0.524. The molecule has 15 heavy (non-hydrogen) atoms. The molecule has 0 radical (unpaired) electrons. The van der Waals surface area contributed by atoms with Crippen molar-refractivity contribution < 1.29 is 4.42 Å². The molecule has 3 aromatic rings. The number of furan rings is 1. The molecule has 0 saturated carbocycles. The summed E-state index contributed by atoms with van der Waals surface area (Å²) >= 11 is 5.92. The molecule has 0 spiro atoms. The molecule has 0 unspecified atom stereocenters. The van der Waals surface area contributed by atoms with Crippen molar-refractivity contribution in [1.29, 1.82) is 0 Å². The van der Waals surface area contributed by atoms with Crippen molar-refractivity contribution >= 4 is 46.8 Å². The Morgan fingerprint density at radius 1 is 0.933 bits per heavy atom. The first-order valence-corrected chi connectivity index (χ1v) is 5.20. The molecule has 0 aliphatic rings. The van der Waals surface area contributed by atoms with Gasteiger partial charge >= 0.3 is 0 Å². The number of hydrogen-bond acceptors (Lipinski definition) is 1. The van der Waals surface area contributed by atoms with Crippen LogP contribution in [0.15, 0.2) is 40.8 Å². The summed E-state index contributed by atoms with van der Waals surface area (Å²) in [6.45, 7) is 0. The summed E-state index contributed by atoms with van der Waals surface area (Å²) in [7, 11) is 2.06. The minimum Gasteiger partial charge on any atom is -0.456 e. The molecule has 3 heteroatoms. The highest BCUT2D eigenvalue weighted by Crippen LogP contribution is 2.29. The predicted octanol–water partition coefficient (Wildman–Crippen LogP) is 2.50. The van der Waals surface area contributed by atoms with Gasteiger partial charge < -0.3 is 4.42 Å². The van der Waals surface area contributed by atoms with Gasteiger partial charge in [-0.25, -0.2) is 0 Å². The Morgan fingerprint density at radius 2 is 1.60 bits per heavy atom. The van der Waals surface area contributed by atoms with Gasteiger partial charge in [0.2, 0.25) is 0 Å². The molecule has 1 nitrogen and oxygen atoms in total. The summed E-state index contributed by atoms with van der Waals surface area (Å²) < 4.78 is 5.73. The van der Waals surface area contributed by atoms with Crippen LogP contribution >= 0.6 is 11.6 Å². The van der Waals surface area contributed by atoms with Crippen molar-refractivity contribution in [2.45, 2.75) is 0 Å². The Bertz CT molecular complexity index is 601. The number of halogens is 1. The van der Waals surface area contributed by atoms with Crippen LogP contribution < -0.4 is 5.46 Å². The Morgan fingerprint density at radius 3 is 2.40 bits per heavy atom. The van der Waals surface area contributed by atoms with E-state index in [1.54, 1.807) is 0 Å². The molecule has 2 aromatic carbocycles. The van der Waals surface area contributed by atoms with Gasteiger partial charge in [-0.1, -0.05) is 29.2 Å². The van der Waals surface area contributed by atoms with Crippen molar-refractivity contribution in [3.05, 3.63) is 41.4 Å². The second-order valence-corrected chi connectivity index (χ2v) is 4.18. The van der Waals surface area contributed by atoms with Gasteiger partial charge in [0.15, 0.2) is 0 Å². The predicted molar refractivity (Wildman–Crippen MR) is 66.9 cm³/mol. The maximum atomic E-state index is 5.92. The van der Waals surface area contributed by atoms with E-state index in [2.05, 4.69) is 20.0 Å². The van der Waals surface area contributed by atoms with Gasteiger partial charge in [0, 0.05) is 21.9 Å². The molecule has 72 valence electrons. The summed E-state index contributed by atoms with van der Waals surface area (Å²) in [6, 6.07) is 12.0. The fourth-order valence-electron chi connectivity index (χ4n) is 1.86. The Labute approximate surface area is 93.0 Å². The first-order chi connectivity index (χ1) is 7.24. The fraction of sp³-hybridized carbons (Fsp3) is 0. The van der Waals surface area contributed by atoms with E-state index in [4.69, 9.17) is 16.0 Å². The van der Waals surface area contributed by atoms with E-state index >= 15 is 0 Å². The summed E-state index contributed by atoms with van der Waals surface area (Å²) in [5.41, 5.74) is 2.98. The van der Waals surface area contributed by atoms with Gasteiger partial charge in [0.25, 0.3) is 0 Å². The number of fused-ring (bicyclic) bond motifs is 3. The lowest BCUT2D eigenvalue weighted by Gasteiger charge is -1.91. The molecule has 0 atom stereocenters. The van der Waals surface area contributed by atoms with Gasteiger partial charge in [0.05, 0.1) is 0 Å². The van der Waals surface area contributed by atoms with E-state index in [0.29, 0.717) is 5.02 Å². The van der Waals surface area contributed by atoms with Crippen molar-refractivity contribution in [3.8, 4) is 0 Å². The molecule has 0 saturated heterocycles. The summed E-state index contributed by atoms with van der Waals surface area (Å²) in [6.07, 6.45) is 0. The van der Waals surface area contributed by atoms with Crippen molar-refractivity contribution in [2.24, 2.45) is 0 Å². The van der Waals surface area contributed by atoms with Crippen LogP contribution in [0.4, 0.5) is 0 Å². The molecule has 0 N–H and O–H groups in total. The van der Waals surface area contributed by atoms with E-state index in [9.17, 15) is 0 Å². The molecular formula is C12H8BClO. The lowest BCUT2D eigenvalue weighted by Crippen LogP contribution is -1.98. The van der Waals surface area contributed by atoms with E-state index in [-0.39, 0.29) is 0 Å². The van der Waals surface area contributed by atoms with Gasteiger partial charge in [-0.3, -0.25) is 0 Å². The minimum absolute atomic E-state index is 0.707. The van der Waals surface area contributed by atoms with Gasteiger partial charge in [-0.15, -0.1) is 0 Å². The average molecular weight is 214 g/mol. The molecule has 0 aliphatic heterocycles. The first-order valence-electron chi connectivity index (χ1n) is 4.82. The molecule has 0 amide bonds. The maximum Gasteiger partial charge on any atom is 0.139 e. The third-order valence-electron chi connectivity index (χ3n) is 2.59. The highest BCUT2D eigenvalue weighted by molar-refractivity contribution is 6.33. The van der Waals surface area contributed by atoms with E-state index in [1.807, 2.05) is 24.3 Å². The van der Waals surface area contributed by atoms with Crippen molar-refractivity contribution in [3.63, 3.8) is 0 Å². The van der Waals surface area contributed by atoms with Crippen LogP contribution in [0.3, 0.4) is 0 Å². The van der Waals surface area contributed by atoms with Crippen LogP contribution in [-0.2, 0) is 0 Å². The van der Waals surface area contributed by atoms with Crippen LogP contribution in [0.1, 0.15) is 0 Å².